The molecular weight excluding hydrogens is 216 g/mol. The molecule has 1 aliphatic heterocycles. The Morgan fingerprint density at radius 1 is 1.53 bits per heavy atom. The predicted molar refractivity (Wildman–Crippen MR) is 63.1 cm³/mol. The fourth-order valence-corrected chi connectivity index (χ4v) is 3.02. The summed E-state index contributed by atoms with van der Waals surface area (Å²) in [6.45, 7) is 3.67. The van der Waals surface area contributed by atoms with Gasteiger partial charge >= 0.3 is 0 Å². The van der Waals surface area contributed by atoms with E-state index >= 15 is 0 Å². The minimum absolute atomic E-state index is 0.142. The fourth-order valence-electron chi connectivity index (χ4n) is 3.02. The molecule has 1 heterocycles. The number of carbonyl (C=O) groups is 1. The van der Waals surface area contributed by atoms with Gasteiger partial charge in [-0.15, -0.1) is 0 Å². The Balaban J connectivity index is 2.06. The van der Waals surface area contributed by atoms with Gasteiger partial charge in [0.25, 0.3) is 0 Å². The van der Waals surface area contributed by atoms with E-state index in [0.29, 0.717) is 19.7 Å². The van der Waals surface area contributed by atoms with Crippen LogP contribution in [0.2, 0.25) is 0 Å². The average molecular weight is 236 g/mol. The molecule has 4 nitrogen and oxygen atoms in total. The summed E-state index contributed by atoms with van der Waals surface area (Å²) in [6, 6.07) is 2.09. The van der Waals surface area contributed by atoms with E-state index in [2.05, 4.69) is 13.0 Å². The zero-order valence-electron chi connectivity index (χ0n) is 10.4. The van der Waals surface area contributed by atoms with Crippen LogP contribution >= 0.6 is 0 Å². The van der Waals surface area contributed by atoms with Gasteiger partial charge in [-0.1, -0.05) is 19.8 Å². The van der Waals surface area contributed by atoms with E-state index in [0.717, 1.165) is 32.1 Å². The van der Waals surface area contributed by atoms with Crippen LogP contribution in [-0.2, 0) is 9.53 Å². The van der Waals surface area contributed by atoms with E-state index in [1.807, 2.05) is 4.90 Å². The highest BCUT2D eigenvalue weighted by molar-refractivity contribution is 5.83. The summed E-state index contributed by atoms with van der Waals surface area (Å²) >= 11 is 0. The van der Waals surface area contributed by atoms with E-state index in [-0.39, 0.29) is 11.3 Å². The zero-order valence-corrected chi connectivity index (χ0v) is 10.4. The maximum Gasteiger partial charge on any atom is 0.228 e. The molecule has 0 N–H and O–H groups in total. The standard InChI is InChI=1S/C13H20N2O2/c1-2-13(5-3-4-6-13)12(16)15-7-8-17-11(9-14)10-15/h11H,2-8,10H2,1H3. The summed E-state index contributed by atoms with van der Waals surface area (Å²) in [7, 11) is 0. The van der Waals surface area contributed by atoms with Crippen LogP contribution in [-0.4, -0.2) is 36.6 Å². The molecule has 2 rings (SSSR count). The first kappa shape index (κ1) is 12.4. The Kier molecular flexibility index (Phi) is 3.68. The van der Waals surface area contributed by atoms with Crippen molar-refractivity contribution in [2.45, 2.75) is 45.1 Å². The van der Waals surface area contributed by atoms with Gasteiger partial charge in [0.1, 0.15) is 0 Å². The summed E-state index contributed by atoms with van der Waals surface area (Å²) < 4.78 is 5.28. The second-order valence-corrected chi connectivity index (χ2v) is 5.08. The second-order valence-electron chi connectivity index (χ2n) is 5.08. The molecule has 1 aliphatic carbocycles. The average Bonchev–Trinajstić information content (AvgIpc) is 2.88. The zero-order chi connectivity index (χ0) is 12.3. The van der Waals surface area contributed by atoms with E-state index < -0.39 is 6.10 Å². The number of morpholine rings is 1. The number of amides is 1. The molecule has 0 aromatic carbocycles. The van der Waals surface area contributed by atoms with Gasteiger partial charge in [-0.2, -0.15) is 5.26 Å². The van der Waals surface area contributed by atoms with Crippen molar-refractivity contribution in [2.24, 2.45) is 5.41 Å². The van der Waals surface area contributed by atoms with Crippen LogP contribution in [0.5, 0.6) is 0 Å². The summed E-state index contributed by atoms with van der Waals surface area (Å²) in [5, 5.41) is 8.86. The highest BCUT2D eigenvalue weighted by atomic mass is 16.5. The van der Waals surface area contributed by atoms with Crippen molar-refractivity contribution >= 4 is 5.91 Å². The van der Waals surface area contributed by atoms with E-state index in [9.17, 15) is 4.79 Å². The molecule has 0 spiro atoms. The Labute approximate surface area is 103 Å². The SMILES string of the molecule is CCC1(C(=O)N2CCOC(C#N)C2)CCCC1. The number of nitrogens with zero attached hydrogens (tertiary/aromatic N) is 2. The minimum Gasteiger partial charge on any atom is -0.360 e. The van der Waals surface area contributed by atoms with Crippen LogP contribution in [0.1, 0.15) is 39.0 Å². The van der Waals surface area contributed by atoms with Crippen molar-refractivity contribution in [1.82, 2.24) is 4.90 Å². The van der Waals surface area contributed by atoms with Crippen LogP contribution in [0.25, 0.3) is 0 Å². The van der Waals surface area contributed by atoms with Crippen molar-refractivity contribution < 1.29 is 9.53 Å². The Bertz CT molecular complexity index is 329. The van der Waals surface area contributed by atoms with E-state index in [1.54, 1.807) is 0 Å². The number of nitriles is 1. The molecule has 94 valence electrons. The maximum absolute atomic E-state index is 12.6. The van der Waals surface area contributed by atoms with E-state index in [4.69, 9.17) is 10.00 Å². The van der Waals surface area contributed by atoms with Crippen molar-refractivity contribution in [3.05, 3.63) is 0 Å². The molecule has 0 bridgehead atoms. The van der Waals surface area contributed by atoms with Gasteiger partial charge in [0.15, 0.2) is 6.10 Å². The van der Waals surface area contributed by atoms with Crippen LogP contribution < -0.4 is 0 Å². The largest absolute Gasteiger partial charge is 0.360 e. The van der Waals surface area contributed by atoms with Crippen LogP contribution in [0.3, 0.4) is 0 Å². The van der Waals surface area contributed by atoms with Gasteiger partial charge < -0.3 is 9.64 Å². The summed E-state index contributed by atoms with van der Waals surface area (Å²) in [6.07, 6.45) is 4.81. The third-order valence-corrected chi connectivity index (χ3v) is 4.19. The molecule has 4 heteroatoms. The van der Waals surface area contributed by atoms with Gasteiger partial charge in [0, 0.05) is 12.0 Å². The smallest absolute Gasteiger partial charge is 0.228 e. The Morgan fingerprint density at radius 3 is 2.82 bits per heavy atom. The number of hydrogen-bond acceptors (Lipinski definition) is 3. The summed E-state index contributed by atoms with van der Waals surface area (Å²) in [5.74, 6) is 0.251. The number of rotatable bonds is 2. The maximum atomic E-state index is 12.6. The minimum atomic E-state index is -0.442. The summed E-state index contributed by atoms with van der Waals surface area (Å²) in [4.78, 5) is 14.4. The molecule has 0 aromatic heterocycles. The Morgan fingerprint density at radius 2 is 2.24 bits per heavy atom. The highest BCUT2D eigenvalue weighted by Crippen LogP contribution is 2.42. The molecule has 1 saturated carbocycles. The lowest BCUT2D eigenvalue weighted by molar-refractivity contribution is -0.148. The van der Waals surface area contributed by atoms with Crippen LogP contribution in [0, 0.1) is 16.7 Å². The number of ether oxygens (including phenoxy) is 1. The molecule has 1 unspecified atom stereocenters. The lowest BCUT2D eigenvalue weighted by Crippen LogP contribution is -2.50. The monoisotopic (exact) mass is 236 g/mol. The molecular formula is C13H20N2O2. The molecule has 1 amide bonds. The lowest BCUT2D eigenvalue weighted by atomic mass is 9.81. The highest BCUT2D eigenvalue weighted by Gasteiger charge is 2.42. The Hall–Kier alpha value is -1.08. The number of carbonyl (C=O) groups excluding carboxylic acids is 1. The van der Waals surface area contributed by atoms with Crippen molar-refractivity contribution in [2.75, 3.05) is 19.7 Å². The quantitative estimate of drug-likeness (QED) is 0.733. The van der Waals surface area contributed by atoms with Crippen molar-refractivity contribution in [3.63, 3.8) is 0 Å². The van der Waals surface area contributed by atoms with Crippen molar-refractivity contribution in [3.8, 4) is 6.07 Å². The van der Waals surface area contributed by atoms with Crippen LogP contribution in [0.4, 0.5) is 0 Å². The van der Waals surface area contributed by atoms with Gasteiger partial charge in [-0.3, -0.25) is 4.79 Å². The molecule has 0 radical (unpaired) electrons. The van der Waals surface area contributed by atoms with Gasteiger partial charge in [0.05, 0.1) is 19.2 Å². The first-order valence-corrected chi connectivity index (χ1v) is 6.52. The fraction of sp³-hybridized carbons (Fsp3) is 0.846. The molecule has 2 fully saturated rings. The predicted octanol–water partition coefficient (Wildman–Crippen LogP) is 1.71. The first-order valence-electron chi connectivity index (χ1n) is 6.52. The number of hydrogen-bond donors (Lipinski definition) is 0. The summed E-state index contributed by atoms with van der Waals surface area (Å²) in [5.41, 5.74) is -0.142. The lowest BCUT2D eigenvalue weighted by Gasteiger charge is -2.37. The normalized spacial score (nSPS) is 27.8. The molecule has 1 atom stereocenters. The molecule has 0 aromatic rings. The van der Waals surface area contributed by atoms with E-state index in [1.165, 1.54) is 0 Å². The van der Waals surface area contributed by atoms with Gasteiger partial charge in [-0.05, 0) is 19.3 Å². The molecule has 2 aliphatic rings. The van der Waals surface area contributed by atoms with Gasteiger partial charge in [0.2, 0.25) is 5.91 Å². The van der Waals surface area contributed by atoms with Gasteiger partial charge in [-0.25, -0.2) is 0 Å². The molecule has 1 saturated heterocycles. The third kappa shape index (κ3) is 2.30. The first-order chi connectivity index (χ1) is 8.22. The second kappa shape index (κ2) is 5.05. The topological polar surface area (TPSA) is 53.3 Å². The molecule has 17 heavy (non-hydrogen) atoms. The van der Waals surface area contributed by atoms with Crippen LogP contribution in [0.15, 0.2) is 0 Å². The van der Waals surface area contributed by atoms with Crippen molar-refractivity contribution in [1.29, 1.82) is 5.26 Å². The third-order valence-electron chi connectivity index (χ3n) is 4.19.